The first-order chi connectivity index (χ1) is 5.74. The molecule has 2 N–H and O–H groups in total. The summed E-state index contributed by atoms with van der Waals surface area (Å²) < 4.78 is 0. The number of nitrogens with zero attached hydrogens (tertiary/aromatic N) is 2. The molecule has 0 aromatic rings. The van der Waals surface area contributed by atoms with Gasteiger partial charge in [-0.3, -0.25) is 4.90 Å². The van der Waals surface area contributed by atoms with Gasteiger partial charge in [0, 0.05) is 26.7 Å². The summed E-state index contributed by atoms with van der Waals surface area (Å²) in [6.45, 7) is 0.912. The van der Waals surface area contributed by atoms with Crippen molar-refractivity contribution < 1.29 is 15.3 Å². The van der Waals surface area contributed by atoms with E-state index >= 15 is 0 Å². The molecule has 0 unspecified atom stereocenters. The van der Waals surface area contributed by atoms with E-state index in [1.54, 1.807) is 4.90 Å². The number of hydrogen-bond acceptors (Lipinski definition) is 5. The fraction of sp³-hybridized carbons (Fsp3) is 0.857. The molecule has 0 atom stereocenters. The van der Waals surface area contributed by atoms with Gasteiger partial charge in [-0.2, -0.15) is 0 Å². The third-order valence-corrected chi connectivity index (χ3v) is 1.44. The summed E-state index contributed by atoms with van der Waals surface area (Å²) in [4.78, 5) is 5.10. The molecule has 12 heavy (non-hydrogen) atoms. The fourth-order valence-corrected chi connectivity index (χ4v) is 0.815. The van der Waals surface area contributed by atoms with E-state index in [0.29, 0.717) is 13.1 Å². The highest BCUT2D eigenvalue weighted by Crippen LogP contribution is 1.85. The van der Waals surface area contributed by atoms with Gasteiger partial charge in [-0.05, 0) is 5.90 Å². The predicted octanol–water partition coefficient (Wildman–Crippen LogP) is -2.34. The van der Waals surface area contributed by atoms with Crippen molar-refractivity contribution in [3.05, 3.63) is 0 Å². The fourth-order valence-electron chi connectivity index (χ4n) is 0.815. The zero-order valence-corrected chi connectivity index (χ0v) is 7.23. The van der Waals surface area contributed by atoms with E-state index in [2.05, 4.69) is 4.99 Å². The first kappa shape index (κ1) is 11.4. The third-order valence-electron chi connectivity index (χ3n) is 1.44. The summed E-state index contributed by atoms with van der Waals surface area (Å²) in [5.74, 6) is -0.239. The summed E-state index contributed by atoms with van der Waals surface area (Å²) in [6.07, 6.45) is 0. The van der Waals surface area contributed by atoms with Gasteiger partial charge in [0.25, 0.3) is 0 Å². The highest BCUT2D eigenvalue weighted by Gasteiger charge is 2.01. The monoisotopic (exact) mass is 175 g/mol. The maximum Gasteiger partial charge on any atom is 0.0558 e. The van der Waals surface area contributed by atoms with Crippen LogP contribution in [-0.4, -0.2) is 60.9 Å². The topological polar surface area (TPSA) is 79.1 Å². The van der Waals surface area contributed by atoms with Crippen molar-refractivity contribution in [1.82, 2.24) is 4.90 Å². The van der Waals surface area contributed by atoms with Gasteiger partial charge in [-0.25, -0.2) is 0 Å². The van der Waals surface area contributed by atoms with E-state index in [0.717, 1.165) is 0 Å². The molecule has 0 saturated heterocycles. The number of hydrogen-bond donors (Lipinski definition) is 2. The number of rotatable bonds is 6. The van der Waals surface area contributed by atoms with Crippen molar-refractivity contribution in [2.24, 2.45) is 4.99 Å². The smallest absolute Gasteiger partial charge is 0.0558 e. The van der Waals surface area contributed by atoms with E-state index in [1.807, 2.05) is 0 Å². The Hall–Kier alpha value is -0.650. The highest BCUT2D eigenvalue weighted by atomic mass is 16.3. The van der Waals surface area contributed by atoms with E-state index in [-0.39, 0.29) is 25.7 Å². The Balaban J connectivity index is 3.77. The molecule has 5 heteroatoms. The summed E-state index contributed by atoms with van der Waals surface area (Å²) in [5.41, 5.74) is 0. The minimum absolute atomic E-state index is 0.0169. The van der Waals surface area contributed by atoms with Crippen molar-refractivity contribution in [3.8, 4) is 0 Å². The third kappa shape index (κ3) is 5.06. The number of aliphatic imine (C=N–C) groups is 1. The average Bonchev–Trinajstić information content (AvgIpc) is 2.05. The van der Waals surface area contributed by atoms with Gasteiger partial charge in [-0.1, -0.05) is 0 Å². The lowest BCUT2D eigenvalue weighted by atomic mass is 10.4. The van der Waals surface area contributed by atoms with Gasteiger partial charge in [0.1, 0.15) is 0 Å². The largest absolute Gasteiger partial charge is 0.861 e. The summed E-state index contributed by atoms with van der Waals surface area (Å²) in [6, 6.07) is 0. The van der Waals surface area contributed by atoms with Gasteiger partial charge in [-0.15, -0.1) is 0 Å². The normalized spacial score (nSPS) is 12.5. The predicted molar refractivity (Wildman–Crippen MR) is 44.0 cm³/mol. The van der Waals surface area contributed by atoms with E-state index < -0.39 is 0 Å². The Kier molecular flexibility index (Phi) is 6.64. The Morgan fingerprint density at radius 1 is 1.33 bits per heavy atom. The standard InChI is InChI=1S/C7H16N2O3/c1-8-7(12)6-9(2-4-10)3-5-11/h10-11H,2-6H2,1H3,(H,8,12)/p-1. The maximum atomic E-state index is 10.8. The van der Waals surface area contributed by atoms with E-state index in [9.17, 15) is 5.11 Å². The van der Waals surface area contributed by atoms with Crippen LogP contribution in [0.4, 0.5) is 0 Å². The number of aliphatic hydroxyl groups is 2. The van der Waals surface area contributed by atoms with Gasteiger partial charge in [0.05, 0.1) is 13.2 Å². The minimum Gasteiger partial charge on any atom is -0.861 e. The zero-order chi connectivity index (χ0) is 9.40. The Morgan fingerprint density at radius 3 is 2.17 bits per heavy atom. The molecular weight excluding hydrogens is 160 g/mol. The molecule has 0 radical (unpaired) electrons. The van der Waals surface area contributed by atoms with Crippen LogP contribution in [0.15, 0.2) is 4.99 Å². The molecule has 0 fully saturated rings. The summed E-state index contributed by atoms with van der Waals surface area (Å²) >= 11 is 0. The average molecular weight is 175 g/mol. The second-order valence-electron chi connectivity index (χ2n) is 2.34. The number of aliphatic hydroxyl groups excluding tert-OH is 2. The van der Waals surface area contributed by atoms with Crippen molar-refractivity contribution >= 4 is 5.90 Å². The van der Waals surface area contributed by atoms with Crippen LogP contribution in [-0.2, 0) is 0 Å². The van der Waals surface area contributed by atoms with Crippen LogP contribution in [0.3, 0.4) is 0 Å². The van der Waals surface area contributed by atoms with E-state index in [4.69, 9.17) is 10.2 Å². The Bertz CT molecular complexity index is 133. The van der Waals surface area contributed by atoms with Gasteiger partial charge < -0.3 is 20.3 Å². The molecule has 0 aliphatic rings. The van der Waals surface area contributed by atoms with Gasteiger partial charge >= 0.3 is 0 Å². The lowest BCUT2D eigenvalue weighted by Crippen LogP contribution is -2.39. The van der Waals surface area contributed by atoms with Crippen molar-refractivity contribution in [2.45, 2.75) is 0 Å². The minimum atomic E-state index is -0.239. The Morgan fingerprint density at radius 2 is 1.83 bits per heavy atom. The van der Waals surface area contributed by atoms with Crippen LogP contribution >= 0.6 is 0 Å². The Labute approximate surface area is 72.0 Å². The van der Waals surface area contributed by atoms with Crippen LogP contribution in [0.5, 0.6) is 0 Å². The SMILES string of the molecule is CN=C([O-])CN(CCO)CCO. The maximum absolute atomic E-state index is 10.8. The molecule has 0 aromatic heterocycles. The zero-order valence-electron chi connectivity index (χ0n) is 7.23. The molecule has 0 spiro atoms. The molecule has 0 saturated carbocycles. The molecule has 0 rings (SSSR count). The quantitative estimate of drug-likeness (QED) is 0.350. The van der Waals surface area contributed by atoms with Crippen molar-refractivity contribution in [2.75, 3.05) is 39.9 Å². The molecule has 0 amide bonds. The van der Waals surface area contributed by atoms with Crippen molar-refractivity contribution in [3.63, 3.8) is 0 Å². The molecule has 0 aromatic carbocycles. The van der Waals surface area contributed by atoms with Crippen molar-refractivity contribution in [1.29, 1.82) is 0 Å². The first-order valence-electron chi connectivity index (χ1n) is 3.81. The molecule has 5 nitrogen and oxygen atoms in total. The molecule has 0 aliphatic carbocycles. The highest BCUT2D eigenvalue weighted by molar-refractivity contribution is 5.73. The molecule has 0 aliphatic heterocycles. The van der Waals surface area contributed by atoms with Crippen LogP contribution in [0, 0.1) is 0 Å². The van der Waals surface area contributed by atoms with Crippen LogP contribution in [0.1, 0.15) is 0 Å². The summed E-state index contributed by atoms with van der Waals surface area (Å²) in [7, 11) is 1.43. The first-order valence-corrected chi connectivity index (χ1v) is 3.81. The van der Waals surface area contributed by atoms with Gasteiger partial charge in [0.2, 0.25) is 0 Å². The van der Waals surface area contributed by atoms with Crippen LogP contribution < -0.4 is 5.11 Å². The van der Waals surface area contributed by atoms with E-state index in [1.165, 1.54) is 7.05 Å². The lowest BCUT2D eigenvalue weighted by Gasteiger charge is -2.22. The van der Waals surface area contributed by atoms with Crippen LogP contribution in [0.25, 0.3) is 0 Å². The van der Waals surface area contributed by atoms with Crippen LogP contribution in [0.2, 0.25) is 0 Å². The molecular formula is C7H15N2O3-. The molecule has 72 valence electrons. The van der Waals surface area contributed by atoms with Gasteiger partial charge in [0.15, 0.2) is 0 Å². The second kappa shape index (κ2) is 7.02. The molecule has 0 bridgehead atoms. The second-order valence-corrected chi connectivity index (χ2v) is 2.34. The summed E-state index contributed by atoms with van der Waals surface area (Å²) in [5, 5.41) is 28.0. The lowest BCUT2D eigenvalue weighted by molar-refractivity contribution is -0.219. The molecule has 0 heterocycles.